The van der Waals surface area contributed by atoms with Gasteiger partial charge in [0.25, 0.3) is 0 Å². The van der Waals surface area contributed by atoms with E-state index in [9.17, 15) is 15.0 Å². The van der Waals surface area contributed by atoms with Crippen molar-refractivity contribution in [1.82, 2.24) is 0 Å². The molecule has 2 rings (SSSR count). The van der Waals surface area contributed by atoms with Gasteiger partial charge in [-0.3, -0.25) is 4.79 Å². The molecule has 0 aliphatic carbocycles. The highest BCUT2D eigenvalue weighted by atomic mass is 16.5. The molecule has 0 heterocycles. The van der Waals surface area contributed by atoms with Crippen LogP contribution in [-0.4, -0.2) is 22.8 Å². The first-order chi connectivity index (χ1) is 10.1. The molecular weight excluding hydrogens is 268 g/mol. The van der Waals surface area contributed by atoms with Gasteiger partial charge < -0.3 is 14.9 Å². The molecule has 4 heteroatoms. The van der Waals surface area contributed by atoms with E-state index in [1.165, 1.54) is 0 Å². The number of aromatic hydroxyl groups is 2. The van der Waals surface area contributed by atoms with Crippen LogP contribution in [0.25, 0.3) is 0 Å². The van der Waals surface area contributed by atoms with Crippen molar-refractivity contribution in [3.8, 4) is 11.5 Å². The van der Waals surface area contributed by atoms with Crippen molar-refractivity contribution in [2.45, 2.75) is 19.3 Å². The number of rotatable bonds is 5. The van der Waals surface area contributed by atoms with Crippen LogP contribution in [0, 0.1) is 0 Å². The van der Waals surface area contributed by atoms with E-state index in [1.807, 2.05) is 0 Å². The van der Waals surface area contributed by atoms with Gasteiger partial charge in [0.15, 0.2) is 0 Å². The molecule has 0 aliphatic heterocycles. The average Bonchev–Trinajstić information content (AvgIpc) is 2.50. The van der Waals surface area contributed by atoms with Crippen LogP contribution in [-0.2, 0) is 9.53 Å². The third-order valence-electron chi connectivity index (χ3n) is 3.29. The van der Waals surface area contributed by atoms with E-state index in [0.29, 0.717) is 6.42 Å². The van der Waals surface area contributed by atoms with Crippen molar-refractivity contribution in [1.29, 1.82) is 0 Å². The Kier molecular flexibility index (Phi) is 4.82. The van der Waals surface area contributed by atoms with Crippen molar-refractivity contribution in [2.75, 3.05) is 6.61 Å². The first-order valence-electron chi connectivity index (χ1n) is 6.83. The molecular formula is C17H18O4. The summed E-state index contributed by atoms with van der Waals surface area (Å²) in [6.07, 6.45) is 0.331. The molecule has 0 aliphatic rings. The molecule has 0 amide bonds. The van der Waals surface area contributed by atoms with Crippen molar-refractivity contribution in [3.05, 3.63) is 59.7 Å². The molecule has 2 N–H and O–H groups in total. The second kappa shape index (κ2) is 6.79. The van der Waals surface area contributed by atoms with E-state index in [1.54, 1.807) is 55.5 Å². The van der Waals surface area contributed by atoms with Gasteiger partial charge in [-0.15, -0.1) is 0 Å². The summed E-state index contributed by atoms with van der Waals surface area (Å²) < 4.78 is 5.26. The Hall–Kier alpha value is -2.49. The maximum atomic E-state index is 11.4. The molecule has 0 aromatic heterocycles. The molecule has 2 aromatic carbocycles. The van der Waals surface area contributed by atoms with Gasteiger partial charge in [-0.05, 0) is 35.4 Å². The fraction of sp³-hybridized carbons (Fsp3) is 0.235. The lowest BCUT2D eigenvalue weighted by atomic mass is 9.92. The maximum Gasteiger partial charge on any atom is 0.305 e. The summed E-state index contributed by atoms with van der Waals surface area (Å²) >= 11 is 0. The molecule has 4 nitrogen and oxygen atoms in total. The Morgan fingerprint density at radius 2 is 1.38 bits per heavy atom. The summed E-state index contributed by atoms with van der Waals surface area (Å²) in [7, 11) is 0. The van der Waals surface area contributed by atoms with E-state index in [0.717, 1.165) is 11.1 Å². The Balaban J connectivity index is 2.27. The number of phenolic OH excluding ortho intramolecular Hbond substituents is 2. The van der Waals surface area contributed by atoms with Gasteiger partial charge >= 0.3 is 5.97 Å². The smallest absolute Gasteiger partial charge is 0.305 e. The Labute approximate surface area is 123 Å². The third kappa shape index (κ3) is 3.99. The predicted octanol–water partition coefficient (Wildman–Crippen LogP) is 3.18. The maximum absolute atomic E-state index is 11.4. The highest BCUT2D eigenvalue weighted by molar-refractivity contribution is 5.69. The Morgan fingerprint density at radius 3 is 1.76 bits per heavy atom. The lowest BCUT2D eigenvalue weighted by Gasteiger charge is -2.18. The number of hydrogen-bond donors (Lipinski definition) is 2. The first kappa shape index (κ1) is 14.9. The van der Waals surface area contributed by atoms with Crippen molar-refractivity contribution >= 4 is 5.97 Å². The van der Waals surface area contributed by atoms with Crippen molar-refractivity contribution in [3.63, 3.8) is 0 Å². The van der Waals surface area contributed by atoms with E-state index in [2.05, 4.69) is 0 Å². The lowest BCUT2D eigenvalue weighted by molar-refractivity contribution is -0.143. The summed E-state index contributed by atoms with van der Waals surface area (Å²) in [5.41, 5.74) is 1.87. The van der Waals surface area contributed by atoms with E-state index >= 15 is 0 Å². The third-order valence-corrected chi connectivity index (χ3v) is 3.29. The van der Waals surface area contributed by atoms with Crippen LogP contribution in [0.5, 0.6) is 11.5 Å². The van der Waals surface area contributed by atoms with Crippen LogP contribution < -0.4 is 0 Å². The molecule has 0 radical (unpaired) electrons. The first-order valence-corrected chi connectivity index (χ1v) is 6.83. The molecule has 0 fully saturated rings. The average molecular weight is 286 g/mol. The predicted molar refractivity (Wildman–Crippen MR) is 79.3 cm³/mol. The van der Waals surface area contributed by atoms with Crippen LogP contribution in [0.2, 0.25) is 0 Å². The fourth-order valence-electron chi connectivity index (χ4n) is 2.08. The van der Waals surface area contributed by atoms with E-state index in [4.69, 9.17) is 4.74 Å². The highest BCUT2D eigenvalue weighted by Gasteiger charge is 2.16. The van der Waals surface area contributed by atoms with Crippen molar-refractivity contribution < 1.29 is 19.7 Å². The molecule has 0 saturated carbocycles. The molecule has 0 unspecified atom stereocenters. The number of phenols is 2. The molecule has 0 saturated heterocycles. The zero-order chi connectivity index (χ0) is 15.2. The topological polar surface area (TPSA) is 66.8 Å². The normalized spacial score (nSPS) is 10.6. The standard InChI is InChI=1S/C17H18O4/c1-2-17(20)21-11-16(12-3-7-14(18)8-4-12)13-5-9-15(19)10-6-13/h3-10,16,18-19H,2,11H2,1H3. The largest absolute Gasteiger partial charge is 0.508 e. The van der Waals surface area contributed by atoms with Crippen LogP contribution in [0.4, 0.5) is 0 Å². The summed E-state index contributed by atoms with van der Waals surface area (Å²) in [6, 6.07) is 13.6. The monoisotopic (exact) mass is 286 g/mol. The number of esters is 1. The Bertz CT molecular complexity index is 542. The summed E-state index contributed by atoms with van der Waals surface area (Å²) in [5, 5.41) is 18.8. The van der Waals surface area contributed by atoms with Gasteiger partial charge in [0, 0.05) is 12.3 Å². The fourth-order valence-corrected chi connectivity index (χ4v) is 2.08. The number of carbonyl (C=O) groups is 1. The minimum absolute atomic E-state index is 0.137. The van der Waals surface area contributed by atoms with Crippen LogP contribution in [0.15, 0.2) is 48.5 Å². The minimum atomic E-state index is -0.252. The number of hydrogen-bond acceptors (Lipinski definition) is 4. The lowest BCUT2D eigenvalue weighted by Crippen LogP contribution is -2.13. The van der Waals surface area contributed by atoms with Gasteiger partial charge in [-0.25, -0.2) is 0 Å². The summed E-state index contributed by atoms with van der Waals surface area (Å²) in [4.78, 5) is 11.4. The van der Waals surface area contributed by atoms with Crippen molar-refractivity contribution in [2.24, 2.45) is 0 Å². The molecule has 2 aromatic rings. The van der Waals surface area contributed by atoms with E-state index < -0.39 is 0 Å². The molecule has 0 bridgehead atoms. The van der Waals surface area contributed by atoms with E-state index in [-0.39, 0.29) is 30.0 Å². The van der Waals surface area contributed by atoms with Gasteiger partial charge in [-0.2, -0.15) is 0 Å². The number of benzene rings is 2. The second-order valence-corrected chi connectivity index (χ2v) is 4.77. The SMILES string of the molecule is CCC(=O)OCC(c1ccc(O)cc1)c1ccc(O)cc1. The zero-order valence-corrected chi connectivity index (χ0v) is 11.8. The molecule has 110 valence electrons. The highest BCUT2D eigenvalue weighted by Crippen LogP contribution is 2.27. The van der Waals surface area contributed by atoms with Gasteiger partial charge in [-0.1, -0.05) is 31.2 Å². The zero-order valence-electron chi connectivity index (χ0n) is 11.8. The van der Waals surface area contributed by atoms with Gasteiger partial charge in [0.1, 0.15) is 18.1 Å². The van der Waals surface area contributed by atoms with Crippen LogP contribution in [0.1, 0.15) is 30.4 Å². The molecule has 21 heavy (non-hydrogen) atoms. The number of carbonyl (C=O) groups excluding carboxylic acids is 1. The van der Waals surface area contributed by atoms with Crippen LogP contribution >= 0.6 is 0 Å². The number of ether oxygens (including phenoxy) is 1. The van der Waals surface area contributed by atoms with Crippen LogP contribution in [0.3, 0.4) is 0 Å². The summed E-state index contributed by atoms with van der Waals surface area (Å²) in [5.74, 6) is -0.0122. The molecule has 0 atom stereocenters. The van der Waals surface area contributed by atoms with Gasteiger partial charge in [0.2, 0.25) is 0 Å². The quantitative estimate of drug-likeness (QED) is 0.828. The summed E-state index contributed by atoms with van der Waals surface area (Å²) in [6.45, 7) is 1.97. The molecule has 0 spiro atoms. The second-order valence-electron chi connectivity index (χ2n) is 4.77. The minimum Gasteiger partial charge on any atom is -0.508 e. The van der Waals surface area contributed by atoms with Gasteiger partial charge in [0.05, 0.1) is 0 Å². The Morgan fingerprint density at radius 1 is 0.952 bits per heavy atom.